The molecule has 2 N–H and O–H groups in total. The van der Waals surface area contributed by atoms with Gasteiger partial charge in [-0.15, -0.1) is 0 Å². The highest BCUT2D eigenvalue weighted by molar-refractivity contribution is 5.96. The zero-order valence-corrected chi connectivity index (χ0v) is 14.8. The lowest BCUT2D eigenvalue weighted by Crippen LogP contribution is -2.47. The van der Waals surface area contributed by atoms with Crippen molar-refractivity contribution in [3.8, 4) is 5.75 Å². The summed E-state index contributed by atoms with van der Waals surface area (Å²) in [4.78, 5) is 26.2. The molecule has 1 saturated carbocycles. The van der Waals surface area contributed by atoms with Crippen LogP contribution in [0.2, 0.25) is 0 Å². The molecule has 0 spiro atoms. The fourth-order valence-corrected chi connectivity index (χ4v) is 3.65. The van der Waals surface area contributed by atoms with Crippen molar-refractivity contribution in [3.63, 3.8) is 0 Å². The third kappa shape index (κ3) is 4.65. The summed E-state index contributed by atoms with van der Waals surface area (Å²) in [5.74, 6) is 0.790. The monoisotopic (exact) mass is 345 g/mol. The Morgan fingerprint density at radius 1 is 1.04 bits per heavy atom. The van der Waals surface area contributed by atoms with Gasteiger partial charge in [0.15, 0.2) is 0 Å². The van der Waals surface area contributed by atoms with Gasteiger partial charge in [0, 0.05) is 24.7 Å². The molecule has 3 amide bonds. The second-order valence-electron chi connectivity index (χ2n) is 6.91. The van der Waals surface area contributed by atoms with Crippen LogP contribution in [0.25, 0.3) is 0 Å². The number of nitrogens with one attached hydrogen (secondary N) is 2. The summed E-state index contributed by atoms with van der Waals surface area (Å²) in [7, 11) is 1.61. The Kier molecular flexibility index (Phi) is 5.79. The third-order valence-electron chi connectivity index (χ3n) is 5.03. The SMILES string of the molecule is COc1ccc(N2C[C@H](NC(=O)NC3CCCCCC3)CC2=O)cc1. The van der Waals surface area contributed by atoms with Crippen LogP contribution in [0.3, 0.4) is 0 Å². The summed E-state index contributed by atoms with van der Waals surface area (Å²) in [5, 5.41) is 6.04. The number of hydrogen-bond donors (Lipinski definition) is 2. The average Bonchev–Trinajstić information content (AvgIpc) is 2.81. The smallest absolute Gasteiger partial charge is 0.315 e. The molecule has 1 saturated heterocycles. The van der Waals surface area contributed by atoms with E-state index in [4.69, 9.17) is 4.74 Å². The van der Waals surface area contributed by atoms with E-state index in [0.29, 0.717) is 13.0 Å². The summed E-state index contributed by atoms with van der Waals surface area (Å²) in [5.41, 5.74) is 0.833. The normalized spacial score (nSPS) is 21.7. The molecular weight excluding hydrogens is 318 g/mol. The van der Waals surface area contributed by atoms with E-state index >= 15 is 0 Å². The van der Waals surface area contributed by atoms with E-state index in [-0.39, 0.29) is 24.0 Å². The van der Waals surface area contributed by atoms with Crippen LogP contribution in [0.5, 0.6) is 5.75 Å². The topological polar surface area (TPSA) is 70.7 Å². The minimum Gasteiger partial charge on any atom is -0.497 e. The first-order valence-electron chi connectivity index (χ1n) is 9.17. The van der Waals surface area contributed by atoms with Gasteiger partial charge < -0.3 is 20.3 Å². The molecule has 6 heteroatoms. The fourth-order valence-electron chi connectivity index (χ4n) is 3.65. The number of carbonyl (C=O) groups excluding carboxylic acids is 2. The van der Waals surface area contributed by atoms with Crippen molar-refractivity contribution in [3.05, 3.63) is 24.3 Å². The quantitative estimate of drug-likeness (QED) is 0.825. The van der Waals surface area contributed by atoms with E-state index in [1.807, 2.05) is 24.3 Å². The largest absolute Gasteiger partial charge is 0.497 e. The minimum atomic E-state index is -0.152. The standard InChI is InChI=1S/C19H27N3O3/c1-25-17-10-8-16(9-11-17)22-13-15(12-18(22)23)21-19(24)20-14-6-4-2-3-5-7-14/h8-11,14-15H,2-7,12-13H2,1H3,(H2,20,21,24)/t15-/m1/s1. The molecule has 25 heavy (non-hydrogen) atoms. The van der Waals surface area contributed by atoms with Gasteiger partial charge >= 0.3 is 6.03 Å². The number of rotatable bonds is 4. The average molecular weight is 345 g/mol. The summed E-state index contributed by atoms with van der Waals surface area (Å²) in [6, 6.07) is 7.36. The van der Waals surface area contributed by atoms with E-state index in [2.05, 4.69) is 10.6 Å². The lowest BCUT2D eigenvalue weighted by atomic mass is 10.1. The molecule has 1 aliphatic carbocycles. The Labute approximate surface area is 148 Å². The number of carbonyl (C=O) groups is 2. The van der Waals surface area contributed by atoms with Crippen molar-refractivity contribution >= 4 is 17.6 Å². The fraction of sp³-hybridized carbons (Fsp3) is 0.579. The van der Waals surface area contributed by atoms with Crippen LogP contribution in [0, 0.1) is 0 Å². The number of methoxy groups -OCH3 is 1. The van der Waals surface area contributed by atoms with Crippen molar-refractivity contribution in [1.82, 2.24) is 10.6 Å². The van der Waals surface area contributed by atoms with E-state index in [0.717, 1.165) is 24.3 Å². The lowest BCUT2D eigenvalue weighted by Gasteiger charge is -2.20. The summed E-state index contributed by atoms with van der Waals surface area (Å²) in [6.45, 7) is 0.503. The van der Waals surface area contributed by atoms with E-state index < -0.39 is 0 Å². The first-order valence-corrected chi connectivity index (χ1v) is 9.17. The molecule has 0 bridgehead atoms. The molecule has 1 heterocycles. The lowest BCUT2D eigenvalue weighted by molar-refractivity contribution is -0.117. The predicted molar refractivity (Wildman–Crippen MR) is 96.9 cm³/mol. The molecule has 6 nitrogen and oxygen atoms in total. The highest BCUT2D eigenvalue weighted by atomic mass is 16.5. The van der Waals surface area contributed by atoms with Crippen LogP contribution >= 0.6 is 0 Å². The first kappa shape index (κ1) is 17.6. The van der Waals surface area contributed by atoms with E-state index in [1.54, 1.807) is 12.0 Å². The maximum atomic E-state index is 12.3. The summed E-state index contributed by atoms with van der Waals surface area (Å²) in [6.07, 6.45) is 7.31. The highest BCUT2D eigenvalue weighted by Crippen LogP contribution is 2.24. The number of amides is 3. The summed E-state index contributed by atoms with van der Waals surface area (Å²) < 4.78 is 5.14. The maximum Gasteiger partial charge on any atom is 0.315 e. The van der Waals surface area contributed by atoms with Gasteiger partial charge in [-0.3, -0.25) is 4.79 Å². The number of anilines is 1. The van der Waals surface area contributed by atoms with Gasteiger partial charge in [0.2, 0.25) is 5.91 Å². The number of urea groups is 1. The third-order valence-corrected chi connectivity index (χ3v) is 5.03. The number of benzene rings is 1. The molecule has 1 aromatic carbocycles. The van der Waals surface area contributed by atoms with Gasteiger partial charge in [-0.1, -0.05) is 25.7 Å². The van der Waals surface area contributed by atoms with Crippen LogP contribution in [0.1, 0.15) is 44.9 Å². The van der Waals surface area contributed by atoms with Crippen LogP contribution in [-0.2, 0) is 4.79 Å². The van der Waals surface area contributed by atoms with Crippen molar-refractivity contribution in [2.75, 3.05) is 18.6 Å². The maximum absolute atomic E-state index is 12.3. The van der Waals surface area contributed by atoms with Crippen LogP contribution in [-0.4, -0.2) is 37.7 Å². The Morgan fingerprint density at radius 3 is 2.32 bits per heavy atom. The van der Waals surface area contributed by atoms with Gasteiger partial charge in [0.25, 0.3) is 0 Å². The van der Waals surface area contributed by atoms with Crippen LogP contribution < -0.4 is 20.3 Å². The van der Waals surface area contributed by atoms with Gasteiger partial charge in [0.1, 0.15) is 5.75 Å². The first-order chi connectivity index (χ1) is 12.2. The van der Waals surface area contributed by atoms with E-state index in [1.165, 1.54) is 25.7 Å². The Morgan fingerprint density at radius 2 is 1.68 bits per heavy atom. The zero-order valence-electron chi connectivity index (χ0n) is 14.8. The molecule has 0 radical (unpaired) electrons. The molecule has 2 fully saturated rings. The van der Waals surface area contributed by atoms with Crippen molar-refractivity contribution in [1.29, 1.82) is 0 Å². The molecule has 0 aromatic heterocycles. The van der Waals surface area contributed by atoms with Crippen LogP contribution in [0.15, 0.2) is 24.3 Å². The predicted octanol–water partition coefficient (Wildman–Crippen LogP) is 2.82. The molecule has 1 aromatic rings. The number of nitrogens with zero attached hydrogens (tertiary/aromatic N) is 1. The van der Waals surface area contributed by atoms with Crippen molar-refractivity contribution in [2.45, 2.75) is 57.0 Å². The van der Waals surface area contributed by atoms with Gasteiger partial charge in [-0.05, 0) is 37.1 Å². The molecule has 3 rings (SSSR count). The van der Waals surface area contributed by atoms with Crippen molar-refractivity contribution in [2.24, 2.45) is 0 Å². The van der Waals surface area contributed by atoms with Gasteiger partial charge in [-0.25, -0.2) is 4.79 Å². The Hall–Kier alpha value is -2.24. The number of hydrogen-bond acceptors (Lipinski definition) is 3. The second-order valence-corrected chi connectivity index (χ2v) is 6.91. The van der Waals surface area contributed by atoms with Gasteiger partial charge in [-0.2, -0.15) is 0 Å². The second kappa shape index (κ2) is 8.23. The van der Waals surface area contributed by atoms with Gasteiger partial charge in [0.05, 0.1) is 13.2 Å². The molecule has 2 aliphatic rings. The Bertz CT molecular complexity index is 594. The van der Waals surface area contributed by atoms with Crippen molar-refractivity contribution < 1.29 is 14.3 Å². The highest BCUT2D eigenvalue weighted by Gasteiger charge is 2.31. The van der Waals surface area contributed by atoms with Crippen LogP contribution in [0.4, 0.5) is 10.5 Å². The molecule has 1 atom stereocenters. The van der Waals surface area contributed by atoms with E-state index in [9.17, 15) is 9.59 Å². The molecule has 136 valence electrons. The Balaban J connectivity index is 1.52. The number of ether oxygens (including phenoxy) is 1. The molecular formula is C19H27N3O3. The molecule has 0 unspecified atom stereocenters. The summed E-state index contributed by atoms with van der Waals surface area (Å²) >= 11 is 0. The molecule has 1 aliphatic heterocycles. The zero-order chi connectivity index (χ0) is 17.6. The minimum absolute atomic E-state index is 0.0323.